The summed E-state index contributed by atoms with van der Waals surface area (Å²) >= 11 is 0. The average Bonchev–Trinajstić information content (AvgIpc) is 2.74. The van der Waals surface area contributed by atoms with Gasteiger partial charge in [0, 0.05) is 18.5 Å². The van der Waals surface area contributed by atoms with Crippen LogP contribution in [0.1, 0.15) is 43.4 Å². The molecule has 1 atom stereocenters. The lowest BCUT2D eigenvalue weighted by atomic mass is 10.0. The van der Waals surface area contributed by atoms with Crippen LogP contribution in [0.2, 0.25) is 0 Å². The van der Waals surface area contributed by atoms with E-state index in [9.17, 15) is 13.2 Å². The van der Waals surface area contributed by atoms with E-state index in [1.165, 1.54) is 0 Å². The van der Waals surface area contributed by atoms with Gasteiger partial charge in [-0.15, -0.1) is 0 Å². The second-order valence-corrected chi connectivity index (χ2v) is 9.76. The molecule has 0 aromatic heterocycles. The number of nitrogens with one attached hydrogen (secondary N) is 2. The maximum absolute atomic E-state index is 12.7. The molecule has 6 nitrogen and oxygen atoms in total. The van der Waals surface area contributed by atoms with Crippen molar-refractivity contribution in [3.8, 4) is 0 Å². The average molecular weight is 430 g/mol. The summed E-state index contributed by atoms with van der Waals surface area (Å²) in [6.07, 6.45) is 2.97. The quantitative estimate of drug-likeness (QED) is 0.676. The molecule has 1 saturated heterocycles. The van der Waals surface area contributed by atoms with Gasteiger partial charge < -0.3 is 10.2 Å². The second kappa shape index (κ2) is 10.2. The highest BCUT2D eigenvalue weighted by Crippen LogP contribution is 2.18. The van der Waals surface area contributed by atoms with Gasteiger partial charge in [-0.2, -0.15) is 0 Å². The molecule has 1 amide bonds. The third kappa shape index (κ3) is 6.39. The first-order chi connectivity index (χ1) is 14.3. The van der Waals surface area contributed by atoms with E-state index in [0.717, 1.165) is 37.1 Å². The number of aryl methyl sites for hydroxylation is 1. The molecule has 162 valence electrons. The van der Waals surface area contributed by atoms with Gasteiger partial charge in [-0.1, -0.05) is 42.5 Å². The molecule has 0 saturated carbocycles. The first kappa shape index (κ1) is 22.5. The molecule has 2 N–H and O–H groups in total. The van der Waals surface area contributed by atoms with E-state index in [0.29, 0.717) is 12.8 Å². The van der Waals surface area contributed by atoms with Crippen LogP contribution in [0.3, 0.4) is 0 Å². The van der Waals surface area contributed by atoms with Gasteiger partial charge >= 0.3 is 0 Å². The molecule has 2 aromatic rings. The summed E-state index contributed by atoms with van der Waals surface area (Å²) in [5.74, 6) is 0.0552. The third-order valence-corrected chi connectivity index (χ3v) is 7.15. The molecule has 30 heavy (non-hydrogen) atoms. The maximum atomic E-state index is 12.7. The van der Waals surface area contributed by atoms with E-state index in [1.807, 2.05) is 37.3 Å². The number of carbonyl (C=O) groups is 1. The lowest BCUT2D eigenvalue weighted by Gasteiger charge is -2.29. The highest BCUT2D eigenvalue weighted by molar-refractivity contribution is 7.89. The number of likely N-dealkylation sites (tertiary alicyclic amines) is 1. The zero-order valence-corrected chi connectivity index (χ0v) is 18.5. The van der Waals surface area contributed by atoms with Crippen molar-refractivity contribution in [2.75, 3.05) is 20.1 Å². The van der Waals surface area contributed by atoms with Gasteiger partial charge in [-0.25, -0.2) is 13.1 Å². The van der Waals surface area contributed by atoms with Crippen LogP contribution < -0.4 is 10.0 Å². The molecule has 0 aliphatic carbocycles. The summed E-state index contributed by atoms with van der Waals surface area (Å²) in [5, 5.41) is 3.11. The number of hydrogen-bond donors (Lipinski definition) is 2. The minimum atomic E-state index is -3.61. The van der Waals surface area contributed by atoms with Gasteiger partial charge in [-0.3, -0.25) is 4.79 Å². The van der Waals surface area contributed by atoms with Crippen LogP contribution in [-0.2, 0) is 21.2 Å². The molecule has 1 heterocycles. The summed E-state index contributed by atoms with van der Waals surface area (Å²) in [7, 11) is -1.52. The molecule has 1 aliphatic rings. The molecular formula is C23H31N3O3S. The number of piperidine rings is 1. The summed E-state index contributed by atoms with van der Waals surface area (Å²) < 4.78 is 28.0. The molecule has 2 aromatic carbocycles. The lowest BCUT2D eigenvalue weighted by molar-refractivity contribution is -0.122. The van der Waals surface area contributed by atoms with Crippen LogP contribution in [0.5, 0.6) is 0 Å². The van der Waals surface area contributed by atoms with Gasteiger partial charge in [0.1, 0.15) is 0 Å². The molecule has 1 aliphatic heterocycles. The van der Waals surface area contributed by atoms with E-state index in [1.54, 1.807) is 24.3 Å². The van der Waals surface area contributed by atoms with Crippen LogP contribution >= 0.6 is 0 Å². The summed E-state index contributed by atoms with van der Waals surface area (Å²) in [6.45, 7) is 3.85. The fraction of sp³-hybridized carbons (Fsp3) is 0.435. The zero-order chi connectivity index (χ0) is 21.6. The number of amides is 1. The fourth-order valence-corrected chi connectivity index (χ4v) is 4.89. The van der Waals surface area contributed by atoms with E-state index in [-0.39, 0.29) is 22.9 Å². The van der Waals surface area contributed by atoms with Gasteiger partial charge in [0.2, 0.25) is 15.9 Å². The van der Waals surface area contributed by atoms with Crippen molar-refractivity contribution in [1.29, 1.82) is 0 Å². The molecule has 3 rings (SSSR count). The number of nitrogens with zero attached hydrogens (tertiary/aromatic N) is 1. The van der Waals surface area contributed by atoms with Crippen LogP contribution in [0.25, 0.3) is 0 Å². The van der Waals surface area contributed by atoms with Crippen LogP contribution in [0.4, 0.5) is 0 Å². The third-order valence-electron chi connectivity index (χ3n) is 5.59. The minimum absolute atomic E-state index is 0.0552. The normalized spacial score (nSPS) is 16.9. The fourth-order valence-electron chi connectivity index (χ4n) is 3.66. The van der Waals surface area contributed by atoms with Crippen LogP contribution in [-0.4, -0.2) is 45.4 Å². The second-order valence-electron chi connectivity index (χ2n) is 8.04. The Bertz CT molecular complexity index is 922. The van der Waals surface area contributed by atoms with E-state index in [2.05, 4.69) is 22.0 Å². The largest absolute Gasteiger partial charge is 0.353 e. The molecule has 1 fully saturated rings. The molecule has 0 radical (unpaired) electrons. The Hall–Kier alpha value is -2.22. The standard InChI is InChI=1S/C23H31N3O3S/c1-18(20-6-4-3-5-7-20)25-30(28,29)22-11-8-19(9-12-22)10-13-23(27)24-21-14-16-26(2)17-15-21/h3-9,11-12,18,21,25H,10,13-17H2,1-2H3,(H,24,27)/t18-/m1/s1. The van der Waals surface area contributed by atoms with E-state index >= 15 is 0 Å². The van der Waals surface area contributed by atoms with Crippen molar-refractivity contribution in [1.82, 2.24) is 14.9 Å². The minimum Gasteiger partial charge on any atom is -0.353 e. The Balaban J connectivity index is 1.51. The predicted molar refractivity (Wildman–Crippen MR) is 119 cm³/mol. The molecule has 0 unspecified atom stereocenters. The Morgan fingerprint density at radius 3 is 2.33 bits per heavy atom. The van der Waals surface area contributed by atoms with Crippen molar-refractivity contribution >= 4 is 15.9 Å². The molecule has 7 heteroatoms. The molecular weight excluding hydrogens is 398 g/mol. The predicted octanol–water partition coefficient (Wildman–Crippen LogP) is 2.87. The summed E-state index contributed by atoms with van der Waals surface area (Å²) in [4.78, 5) is 14.7. The maximum Gasteiger partial charge on any atom is 0.241 e. The number of hydrogen-bond acceptors (Lipinski definition) is 4. The highest BCUT2D eigenvalue weighted by atomic mass is 32.2. The summed E-state index contributed by atoms with van der Waals surface area (Å²) in [5.41, 5.74) is 1.86. The molecule has 0 bridgehead atoms. The van der Waals surface area contributed by atoms with Crippen LogP contribution in [0.15, 0.2) is 59.5 Å². The number of carbonyl (C=O) groups excluding carboxylic acids is 1. The number of benzene rings is 2. The van der Waals surface area contributed by atoms with Gasteiger partial charge in [0.05, 0.1) is 4.90 Å². The Kier molecular flexibility index (Phi) is 7.64. The first-order valence-electron chi connectivity index (χ1n) is 10.5. The van der Waals surface area contributed by atoms with Crippen molar-refractivity contribution in [2.24, 2.45) is 0 Å². The Labute approximate surface area is 179 Å². The topological polar surface area (TPSA) is 78.5 Å². The van der Waals surface area contributed by atoms with Crippen molar-refractivity contribution in [2.45, 2.75) is 49.6 Å². The SMILES string of the molecule is C[C@@H](NS(=O)(=O)c1ccc(CCC(=O)NC2CCN(C)CC2)cc1)c1ccccc1. The van der Waals surface area contributed by atoms with Crippen molar-refractivity contribution in [3.63, 3.8) is 0 Å². The number of sulfonamides is 1. The van der Waals surface area contributed by atoms with Gasteiger partial charge in [0.15, 0.2) is 0 Å². The Morgan fingerprint density at radius 1 is 1.07 bits per heavy atom. The van der Waals surface area contributed by atoms with Crippen LogP contribution in [0, 0.1) is 0 Å². The van der Waals surface area contributed by atoms with Gasteiger partial charge in [0.25, 0.3) is 0 Å². The zero-order valence-electron chi connectivity index (χ0n) is 17.7. The first-order valence-corrected chi connectivity index (χ1v) is 12.0. The highest BCUT2D eigenvalue weighted by Gasteiger charge is 2.19. The smallest absolute Gasteiger partial charge is 0.241 e. The number of rotatable bonds is 8. The van der Waals surface area contributed by atoms with Crippen molar-refractivity contribution < 1.29 is 13.2 Å². The molecule has 0 spiro atoms. The van der Waals surface area contributed by atoms with E-state index in [4.69, 9.17) is 0 Å². The lowest BCUT2D eigenvalue weighted by Crippen LogP contribution is -2.43. The Morgan fingerprint density at radius 2 is 1.70 bits per heavy atom. The van der Waals surface area contributed by atoms with Gasteiger partial charge in [-0.05, 0) is 69.6 Å². The summed E-state index contributed by atoms with van der Waals surface area (Å²) in [6, 6.07) is 16.2. The van der Waals surface area contributed by atoms with E-state index < -0.39 is 10.0 Å². The van der Waals surface area contributed by atoms with Crippen molar-refractivity contribution in [3.05, 3.63) is 65.7 Å². The monoisotopic (exact) mass is 429 g/mol.